The molecule has 2 N–H and O–H groups in total. The van der Waals surface area contributed by atoms with Crippen molar-refractivity contribution in [2.24, 2.45) is 5.73 Å². The Morgan fingerprint density at radius 1 is 1.20 bits per heavy atom. The minimum absolute atomic E-state index is 0.483. The molecular formula is C14H17BrN4O. The summed E-state index contributed by atoms with van der Waals surface area (Å²) in [6, 6.07) is 3.76. The number of nitrogens with zero attached hydrogens (tertiary/aromatic N) is 3. The lowest BCUT2D eigenvalue weighted by atomic mass is 9.91. The van der Waals surface area contributed by atoms with Gasteiger partial charge in [-0.2, -0.15) is 4.98 Å². The summed E-state index contributed by atoms with van der Waals surface area (Å²) >= 11 is 3.45. The average Bonchev–Trinajstić information content (AvgIpc) is 2.84. The van der Waals surface area contributed by atoms with Gasteiger partial charge in [0, 0.05) is 10.7 Å². The number of aromatic nitrogens is 3. The molecule has 1 aliphatic carbocycles. The summed E-state index contributed by atoms with van der Waals surface area (Å²) in [6.45, 7) is 0. The third kappa shape index (κ3) is 2.62. The van der Waals surface area contributed by atoms with E-state index in [0.717, 1.165) is 30.2 Å². The van der Waals surface area contributed by atoms with Crippen molar-refractivity contribution in [2.45, 2.75) is 44.1 Å². The van der Waals surface area contributed by atoms with Crippen LogP contribution in [0.3, 0.4) is 0 Å². The van der Waals surface area contributed by atoms with Crippen molar-refractivity contribution in [3.63, 3.8) is 0 Å². The molecule has 2 heterocycles. The highest BCUT2D eigenvalue weighted by molar-refractivity contribution is 9.10. The van der Waals surface area contributed by atoms with E-state index >= 15 is 0 Å². The van der Waals surface area contributed by atoms with Crippen molar-refractivity contribution in [1.82, 2.24) is 15.1 Å². The Morgan fingerprint density at radius 2 is 1.95 bits per heavy atom. The Hall–Kier alpha value is -1.27. The van der Waals surface area contributed by atoms with Gasteiger partial charge in [0.15, 0.2) is 0 Å². The van der Waals surface area contributed by atoms with E-state index in [2.05, 4.69) is 31.1 Å². The van der Waals surface area contributed by atoms with Gasteiger partial charge in [0.25, 0.3) is 0 Å². The second kappa shape index (κ2) is 5.61. The second-order valence-electron chi connectivity index (χ2n) is 5.33. The van der Waals surface area contributed by atoms with Gasteiger partial charge >= 0.3 is 0 Å². The highest BCUT2D eigenvalue weighted by Crippen LogP contribution is 2.34. The molecule has 106 valence electrons. The van der Waals surface area contributed by atoms with Gasteiger partial charge in [0.1, 0.15) is 5.69 Å². The molecule has 5 nitrogen and oxygen atoms in total. The average molecular weight is 337 g/mol. The first-order valence-corrected chi connectivity index (χ1v) is 7.72. The van der Waals surface area contributed by atoms with Crippen LogP contribution in [0.4, 0.5) is 0 Å². The fourth-order valence-corrected chi connectivity index (χ4v) is 3.08. The summed E-state index contributed by atoms with van der Waals surface area (Å²) in [6.07, 6.45) is 8.19. The molecule has 1 aliphatic rings. The van der Waals surface area contributed by atoms with Gasteiger partial charge in [0.2, 0.25) is 11.7 Å². The van der Waals surface area contributed by atoms with Gasteiger partial charge in [0.05, 0.1) is 5.54 Å². The Bertz CT molecular complexity index is 590. The highest BCUT2D eigenvalue weighted by Gasteiger charge is 2.34. The van der Waals surface area contributed by atoms with Crippen LogP contribution in [0, 0.1) is 0 Å². The standard InChI is InChI=1S/C14H17BrN4O/c15-10-6-5-9-17-11(10)12-18-13(20-19-12)14(16)7-3-1-2-4-8-14/h5-6,9H,1-4,7-8,16H2. The van der Waals surface area contributed by atoms with Crippen LogP contribution in [0.2, 0.25) is 0 Å². The zero-order chi connectivity index (χ0) is 14.0. The smallest absolute Gasteiger partial charge is 0.247 e. The maximum absolute atomic E-state index is 6.48. The topological polar surface area (TPSA) is 77.8 Å². The van der Waals surface area contributed by atoms with Crippen LogP contribution in [0.25, 0.3) is 11.5 Å². The normalized spacial score (nSPS) is 18.7. The molecule has 0 atom stereocenters. The molecule has 3 rings (SSSR count). The molecular weight excluding hydrogens is 320 g/mol. The summed E-state index contributed by atoms with van der Waals surface area (Å²) < 4.78 is 6.27. The van der Waals surface area contributed by atoms with Gasteiger partial charge < -0.3 is 10.3 Å². The first-order chi connectivity index (χ1) is 9.69. The van der Waals surface area contributed by atoms with Crippen molar-refractivity contribution in [2.75, 3.05) is 0 Å². The first-order valence-electron chi connectivity index (χ1n) is 6.93. The molecule has 0 amide bonds. The molecule has 0 unspecified atom stereocenters. The van der Waals surface area contributed by atoms with E-state index < -0.39 is 5.54 Å². The van der Waals surface area contributed by atoms with Crippen LogP contribution in [0.15, 0.2) is 27.3 Å². The van der Waals surface area contributed by atoms with Crippen LogP contribution in [0.5, 0.6) is 0 Å². The van der Waals surface area contributed by atoms with E-state index in [4.69, 9.17) is 10.3 Å². The molecule has 0 bridgehead atoms. The molecule has 2 aromatic heterocycles. The lowest BCUT2D eigenvalue weighted by Crippen LogP contribution is -2.36. The van der Waals surface area contributed by atoms with Crippen molar-refractivity contribution in [1.29, 1.82) is 0 Å². The third-order valence-electron chi connectivity index (χ3n) is 3.82. The summed E-state index contributed by atoms with van der Waals surface area (Å²) in [5.74, 6) is 1.02. The summed E-state index contributed by atoms with van der Waals surface area (Å²) in [7, 11) is 0. The van der Waals surface area contributed by atoms with E-state index in [9.17, 15) is 0 Å². The molecule has 1 saturated carbocycles. The van der Waals surface area contributed by atoms with E-state index in [1.807, 2.05) is 12.1 Å². The molecule has 6 heteroatoms. The van der Waals surface area contributed by atoms with Gasteiger partial charge in [-0.15, -0.1) is 0 Å². The van der Waals surface area contributed by atoms with Crippen molar-refractivity contribution < 1.29 is 4.52 Å². The van der Waals surface area contributed by atoms with Crippen molar-refractivity contribution >= 4 is 15.9 Å². The molecule has 0 aromatic carbocycles. The molecule has 1 fully saturated rings. The molecule has 0 radical (unpaired) electrons. The molecule has 2 aromatic rings. The van der Waals surface area contributed by atoms with Crippen LogP contribution in [0.1, 0.15) is 44.4 Å². The van der Waals surface area contributed by atoms with E-state index in [0.29, 0.717) is 17.4 Å². The van der Waals surface area contributed by atoms with Gasteiger partial charge in [-0.05, 0) is 40.9 Å². The maximum atomic E-state index is 6.48. The molecule has 0 aliphatic heterocycles. The van der Waals surface area contributed by atoms with Crippen LogP contribution >= 0.6 is 15.9 Å². The van der Waals surface area contributed by atoms with Gasteiger partial charge in [-0.1, -0.05) is 30.8 Å². The predicted molar refractivity (Wildman–Crippen MR) is 78.8 cm³/mol. The Kier molecular flexibility index (Phi) is 3.85. The summed E-state index contributed by atoms with van der Waals surface area (Å²) in [4.78, 5) is 8.76. The number of halogens is 1. The van der Waals surface area contributed by atoms with Crippen molar-refractivity contribution in [3.05, 3.63) is 28.7 Å². The van der Waals surface area contributed by atoms with Gasteiger partial charge in [-0.3, -0.25) is 4.98 Å². The Balaban J connectivity index is 1.92. The van der Waals surface area contributed by atoms with E-state index in [1.54, 1.807) is 6.20 Å². The van der Waals surface area contributed by atoms with Crippen LogP contribution in [-0.2, 0) is 5.54 Å². The number of nitrogens with two attached hydrogens (primary N) is 1. The SMILES string of the molecule is NC1(c2nc(-c3ncccc3Br)no2)CCCCCC1. The zero-order valence-electron chi connectivity index (χ0n) is 11.2. The summed E-state index contributed by atoms with van der Waals surface area (Å²) in [5, 5.41) is 4.04. The number of pyridine rings is 1. The Morgan fingerprint density at radius 3 is 2.65 bits per heavy atom. The van der Waals surface area contributed by atoms with E-state index in [1.165, 1.54) is 12.8 Å². The minimum atomic E-state index is -0.483. The highest BCUT2D eigenvalue weighted by atomic mass is 79.9. The molecule has 0 saturated heterocycles. The lowest BCUT2D eigenvalue weighted by molar-refractivity contribution is 0.257. The van der Waals surface area contributed by atoms with Crippen molar-refractivity contribution in [3.8, 4) is 11.5 Å². The number of rotatable bonds is 2. The Labute approximate surface area is 126 Å². The van der Waals surface area contributed by atoms with Crippen LogP contribution < -0.4 is 5.73 Å². The fraction of sp³-hybridized carbons (Fsp3) is 0.500. The predicted octanol–water partition coefficient (Wildman–Crippen LogP) is 3.40. The number of hydrogen-bond acceptors (Lipinski definition) is 5. The zero-order valence-corrected chi connectivity index (χ0v) is 12.8. The van der Waals surface area contributed by atoms with E-state index in [-0.39, 0.29) is 0 Å². The largest absolute Gasteiger partial charge is 0.337 e. The third-order valence-corrected chi connectivity index (χ3v) is 4.46. The molecule has 20 heavy (non-hydrogen) atoms. The van der Waals surface area contributed by atoms with Crippen LogP contribution in [-0.4, -0.2) is 15.1 Å². The lowest BCUT2D eigenvalue weighted by Gasteiger charge is -2.22. The quantitative estimate of drug-likeness (QED) is 0.850. The first kappa shape index (κ1) is 13.7. The minimum Gasteiger partial charge on any atom is -0.337 e. The maximum Gasteiger partial charge on any atom is 0.247 e. The molecule has 0 spiro atoms. The second-order valence-corrected chi connectivity index (χ2v) is 6.18. The summed E-state index contributed by atoms with van der Waals surface area (Å²) in [5.41, 5.74) is 6.68. The van der Waals surface area contributed by atoms with Gasteiger partial charge in [-0.25, -0.2) is 0 Å². The monoisotopic (exact) mass is 336 g/mol. The number of hydrogen-bond donors (Lipinski definition) is 1. The fourth-order valence-electron chi connectivity index (χ4n) is 2.65.